The van der Waals surface area contributed by atoms with Crippen LogP contribution in [0.1, 0.15) is 31.9 Å². The molecule has 0 radical (unpaired) electrons. The quantitative estimate of drug-likeness (QED) is 0.670. The van der Waals surface area contributed by atoms with Crippen LogP contribution in [0.2, 0.25) is 5.02 Å². The summed E-state index contributed by atoms with van der Waals surface area (Å²) in [6, 6.07) is 4.92. The van der Waals surface area contributed by atoms with Crippen LogP contribution in [0.5, 0.6) is 0 Å². The molecule has 1 N–H and O–H groups in total. The molecule has 1 heterocycles. The van der Waals surface area contributed by atoms with E-state index in [0.717, 1.165) is 38.2 Å². The van der Waals surface area contributed by atoms with E-state index >= 15 is 0 Å². The second-order valence-electron chi connectivity index (χ2n) is 5.89. The highest BCUT2D eigenvalue weighted by atomic mass is 35.5. The monoisotopic (exact) mass is 311 g/mol. The molecule has 0 saturated carbocycles. The Bertz CT molecular complexity index is 502. The Labute approximate surface area is 130 Å². The highest BCUT2D eigenvalue weighted by Crippen LogP contribution is 2.35. The average molecular weight is 312 g/mol. The number of benzene rings is 1. The van der Waals surface area contributed by atoms with Gasteiger partial charge in [0.05, 0.1) is 4.92 Å². The minimum absolute atomic E-state index is 0.0474. The first-order chi connectivity index (χ1) is 9.99. The zero-order chi connectivity index (χ0) is 15.4. The molecule has 2 rings (SSSR count). The lowest BCUT2D eigenvalue weighted by atomic mass is 9.94. The second kappa shape index (κ2) is 7.20. The number of piperazine rings is 1. The average Bonchev–Trinajstić information content (AvgIpc) is 2.45. The molecule has 21 heavy (non-hydrogen) atoms. The van der Waals surface area contributed by atoms with Gasteiger partial charge in [-0.25, -0.2) is 0 Å². The fourth-order valence-corrected chi connectivity index (χ4v) is 3.05. The van der Waals surface area contributed by atoms with Gasteiger partial charge in [0.15, 0.2) is 0 Å². The summed E-state index contributed by atoms with van der Waals surface area (Å²) in [5.74, 6) is 0.462. The summed E-state index contributed by atoms with van der Waals surface area (Å²) in [6.07, 6.45) is 0.890. The number of hydrogen-bond donors (Lipinski definition) is 1. The van der Waals surface area contributed by atoms with Crippen LogP contribution in [-0.4, -0.2) is 36.0 Å². The maximum Gasteiger partial charge on any atom is 0.274 e. The fraction of sp³-hybridized carbons (Fsp3) is 0.600. The third kappa shape index (κ3) is 4.15. The summed E-state index contributed by atoms with van der Waals surface area (Å²) >= 11 is 6.09. The predicted octanol–water partition coefficient (Wildman–Crippen LogP) is 3.24. The largest absolute Gasteiger partial charge is 0.314 e. The van der Waals surface area contributed by atoms with Gasteiger partial charge in [0.1, 0.15) is 0 Å². The zero-order valence-corrected chi connectivity index (χ0v) is 13.3. The first-order valence-electron chi connectivity index (χ1n) is 7.37. The van der Waals surface area contributed by atoms with Crippen molar-refractivity contribution in [2.45, 2.75) is 26.3 Å². The van der Waals surface area contributed by atoms with Gasteiger partial charge in [-0.3, -0.25) is 15.0 Å². The van der Waals surface area contributed by atoms with E-state index in [2.05, 4.69) is 24.1 Å². The fourth-order valence-electron chi connectivity index (χ4n) is 2.87. The molecule has 1 fully saturated rings. The third-order valence-electron chi connectivity index (χ3n) is 3.83. The van der Waals surface area contributed by atoms with Crippen molar-refractivity contribution in [2.24, 2.45) is 5.92 Å². The highest BCUT2D eigenvalue weighted by molar-refractivity contribution is 6.30. The van der Waals surface area contributed by atoms with Crippen molar-refractivity contribution in [3.8, 4) is 0 Å². The van der Waals surface area contributed by atoms with Crippen LogP contribution in [0.25, 0.3) is 0 Å². The van der Waals surface area contributed by atoms with Crippen LogP contribution in [0.15, 0.2) is 18.2 Å². The number of halogens is 1. The Morgan fingerprint density at radius 3 is 2.62 bits per heavy atom. The molecule has 1 aromatic rings. The van der Waals surface area contributed by atoms with Crippen LogP contribution in [0, 0.1) is 16.0 Å². The van der Waals surface area contributed by atoms with Crippen LogP contribution in [0.3, 0.4) is 0 Å². The summed E-state index contributed by atoms with van der Waals surface area (Å²) in [6.45, 7) is 7.94. The molecule has 6 heteroatoms. The summed E-state index contributed by atoms with van der Waals surface area (Å²) in [7, 11) is 0. The molecule has 116 valence electrons. The van der Waals surface area contributed by atoms with Crippen molar-refractivity contribution in [1.82, 2.24) is 10.2 Å². The minimum atomic E-state index is -0.304. The van der Waals surface area contributed by atoms with Crippen LogP contribution < -0.4 is 5.32 Å². The molecule has 0 spiro atoms. The van der Waals surface area contributed by atoms with Crippen LogP contribution in [0.4, 0.5) is 5.69 Å². The Morgan fingerprint density at radius 1 is 1.38 bits per heavy atom. The first-order valence-corrected chi connectivity index (χ1v) is 7.75. The number of nitrogens with zero attached hydrogens (tertiary/aromatic N) is 2. The zero-order valence-electron chi connectivity index (χ0n) is 12.5. The molecule has 1 atom stereocenters. The molecule has 1 aliphatic rings. The van der Waals surface area contributed by atoms with Gasteiger partial charge in [-0.1, -0.05) is 25.4 Å². The van der Waals surface area contributed by atoms with E-state index in [-0.39, 0.29) is 16.7 Å². The van der Waals surface area contributed by atoms with Gasteiger partial charge in [0.2, 0.25) is 0 Å². The number of nitro benzene ring substituents is 1. The van der Waals surface area contributed by atoms with Gasteiger partial charge < -0.3 is 5.32 Å². The Hall–Kier alpha value is -1.17. The first kappa shape index (κ1) is 16.2. The van der Waals surface area contributed by atoms with Crippen molar-refractivity contribution in [2.75, 3.05) is 26.2 Å². The van der Waals surface area contributed by atoms with Crippen LogP contribution >= 0.6 is 11.6 Å². The number of hydrogen-bond acceptors (Lipinski definition) is 4. The van der Waals surface area contributed by atoms with Gasteiger partial charge in [0, 0.05) is 48.9 Å². The van der Waals surface area contributed by atoms with E-state index in [0.29, 0.717) is 10.9 Å². The van der Waals surface area contributed by atoms with E-state index in [1.165, 1.54) is 6.07 Å². The van der Waals surface area contributed by atoms with E-state index < -0.39 is 0 Å². The topological polar surface area (TPSA) is 58.4 Å². The van der Waals surface area contributed by atoms with E-state index in [4.69, 9.17) is 11.6 Å². The van der Waals surface area contributed by atoms with E-state index in [1.807, 2.05) is 0 Å². The van der Waals surface area contributed by atoms with Crippen molar-refractivity contribution >= 4 is 17.3 Å². The van der Waals surface area contributed by atoms with Gasteiger partial charge >= 0.3 is 0 Å². The van der Waals surface area contributed by atoms with Gasteiger partial charge in [-0.05, 0) is 24.5 Å². The molecule has 0 bridgehead atoms. The highest BCUT2D eigenvalue weighted by Gasteiger charge is 2.29. The summed E-state index contributed by atoms with van der Waals surface area (Å²) in [5.41, 5.74) is 0.909. The Morgan fingerprint density at radius 2 is 2.05 bits per heavy atom. The normalized spacial score (nSPS) is 17.9. The standard InChI is InChI=1S/C15H22ClN3O2/c1-11(2)9-15(18-7-5-17-6-8-18)13-10-12(16)3-4-14(13)19(20)21/h3-4,10-11,15,17H,5-9H2,1-2H3/t15-/m1/s1. The Balaban J connectivity index is 2.39. The molecule has 0 amide bonds. The Kier molecular flexibility index (Phi) is 5.56. The lowest BCUT2D eigenvalue weighted by Crippen LogP contribution is -2.45. The third-order valence-corrected chi connectivity index (χ3v) is 4.07. The van der Waals surface area contributed by atoms with E-state index in [9.17, 15) is 10.1 Å². The van der Waals surface area contributed by atoms with Crippen molar-refractivity contribution in [1.29, 1.82) is 0 Å². The molecule has 0 unspecified atom stereocenters. The number of nitrogens with one attached hydrogen (secondary N) is 1. The van der Waals surface area contributed by atoms with E-state index in [1.54, 1.807) is 12.1 Å². The van der Waals surface area contributed by atoms with Gasteiger partial charge in [0.25, 0.3) is 5.69 Å². The molecule has 0 aliphatic carbocycles. The number of nitro groups is 1. The molecule has 5 nitrogen and oxygen atoms in total. The molecular formula is C15H22ClN3O2. The van der Waals surface area contributed by atoms with Crippen molar-refractivity contribution < 1.29 is 4.92 Å². The lowest BCUT2D eigenvalue weighted by molar-refractivity contribution is -0.386. The lowest BCUT2D eigenvalue weighted by Gasteiger charge is -2.36. The maximum absolute atomic E-state index is 11.3. The van der Waals surface area contributed by atoms with Crippen LogP contribution in [-0.2, 0) is 0 Å². The maximum atomic E-state index is 11.3. The van der Waals surface area contributed by atoms with Crippen molar-refractivity contribution in [3.63, 3.8) is 0 Å². The summed E-state index contributed by atoms with van der Waals surface area (Å²) in [4.78, 5) is 13.4. The molecule has 1 aliphatic heterocycles. The second-order valence-corrected chi connectivity index (χ2v) is 6.33. The molecule has 0 aromatic heterocycles. The minimum Gasteiger partial charge on any atom is -0.314 e. The van der Waals surface area contributed by atoms with Gasteiger partial charge in [-0.15, -0.1) is 0 Å². The smallest absolute Gasteiger partial charge is 0.274 e. The molecule has 1 saturated heterocycles. The molecule has 1 aromatic carbocycles. The summed E-state index contributed by atoms with van der Waals surface area (Å²) < 4.78 is 0. The summed E-state index contributed by atoms with van der Waals surface area (Å²) in [5, 5.41) is 15.2. The molecular weight excluding hydrogens is 290 g/mol. The number of rotatable bonds is 5. The predicted molar refractivity (Wildman–Crippen MR) is 84.7 cm³/mol. The van der Waals surface area contributed by atoms with Crippen molar-refractivity contribution in [3.05, 3.63) is 38.9 Å². The van der Waals surface area contributed by atoms with Gasteiger partial charge in [-0.2, -0.15) is 0 Å². The SMILES string of the molecule is CC(C)C[C@H](c1cc(Cl)ccc1[N+](=O)[O-])N1CCNCC1.